The van der Waals surface area contributed by atoms with Gasteiger partial charge >= 0.3 is 0 Å². The number of allylic oxidation sites excluding steroid dienone is 1. The number of aliphatic hydroxyl groups is 2. The van der Waals surface area contributed by atoms with Crippen LogP contribution in [0, 0.1) is 11.8 Å². The summed E-state index contributed by atoms with van der Waals surface area (Å²) >= 11 is 0. The zero-order valence-electron chi connectivity index (χ0n) is 13.7. The van der Waals surface area contributed by atoms with Gasteiger partial charge in [0.2, 0.25) is 0 Å². The Kier molecular flexibility index (Phi) is 7.64. The van der Waals surface area contributed by atoms with Crippen LogP contribution < -0.4 is 0 Å². The van der Waals surface area contributed by atoms with Gasteiger partial charge in [0.25, 0.3) is 0 Å². The molecule has 0 amide bonds. The quantitative estimate of drug-likeness (QED) is 0.453. The number of aliphatic hydroxyl groups excluding tert-OH is 2. The molecule has 0 aromatic rings. The van der Waals surface area contributed by atoms with Crippen molar-refractivity contribution in [2.24, 2.45) is 11.8 Å². The molecule has 0 aromatic carbocycles. The third kappa shape index (κ3) is 4.94. The molecule has 2 heterocycles. The third-order valence-electron chi connectivity index (χ3n) is 5.29. The Balaban J connectivity index is 1.72. The average Bonchev–Trinajstić information content (AvgIpc) is 3.10. The molecule has 22 heavy (non-hydrogen) atoms. The van der Waals surface area contributed by atoms with Crippen LogP contribution in [0.25, 0.3) is 0 Å². The molecule has 2 aliphatic rings. The van der Waals surface area contributed by atoms with Crippen LogP contribution in [0.1, 0.15) is 57.8 Å². The third-order valence-corrected chi connectivity index (χ3v) is 5.29. The summed E-state index contributed by atoms with van der Waals surface area (Å²) in [7, 11) is 0. The Bertz CT molecular complexity index is 353. The highest BCUT2D eigenvalue weighted by molar-refractivity contribution is 4.96. The Morgan fingerprint density at radius 3 is 2.50 bits per heavy atom. The van der Waals surface area contributed by atoms with E-state index in [1.807, 2.05) is 6.08 Å². The number of unbranched alkanes of at least 4 members (excludes halogenated alkanes) is 2. The van der Waals surface area contributed by atoms with Gasteiger partial charge in [0.05, 0.1) is 24.9 Å². The van der Waals surface area contributed by atoms with Crippen molar-refractivity contribution in [3.05, 3.63) is 24.8 Å². The van der Waals surface area contributed by atoms with Crippen LogP contribution in [0.4, 0.5) is 0 Å². The molecule has 2 bridgehead atoms. The van der Waals surface area contributed by atoms with Crippen molar-refractivity contribution < 1.29 is 14.9 Å². The lowest BCUT2D eigenvalue weighted by Gasteiger charge is -2.28. The fraction of sp³-hybridized carbons (Fsp3) is 0.789. The molecule has 2 aliphatic heterocycles. The minimum absolute atomic E-state index is 0.148. The fourth-order valence-corrected chi connectivity index (χ4v) is 4.20. The predicted molar refractivity (Wildman–Crippen MR) is 89.6 cm³/mol. The summed E-state index contributed by atoms with van der Waals surface area (Å²) in [6.45, 7) is 3.85. The minimum atomic E-state index is -0.235. The minimum Gasteiger partial charge on any atom is -0.393 e. The Labute approximate surface area is 135 Å². The summed E-state index contributed by atoms with van der Waals surface area (Å²) in [6, 6.07) is 0. The molecule has 5 atom stereocenters. The SMILES string of the molecule is C=CCC(O)CCC1C2CCC(O2)C1CCCC/C=C/CO. The number of fused-ring (bicyclic) bond motifs is 2. The van der Waals surface area contributed by atoms with E-state index in [0.29, 0.717) is 30.5 Å². The molecule has 2 rings (SSSR count). The molecule has 0 aromatic heterocycles. The van der Waals surface area contributed by atoms with Gasteiger partial charge in [-0.2, -0.15) is 0 Å². The second-order valence-electron chi connectivity index (χ2n) is 6.81. The van der Waals surface area contributed by atoms with E-state index >= 15 is 0 Å². The Hall–Kier alpha value is -0.640. The molecule has 3 heteroatoms. The normalized spacial score (nSPS) is 31.9. The first-order valence-electron chi connectivity index (χ1n) is 8.96. The van der Waals surface area contributed by atoms with Gasteiger partial charge in [-0.1, -0.05) is 24.6 Å². The maximum atomic E-state index is 9.92. The molecule has 2 N–H and O–H groups in total. The van der Waals surface area contributed by atoms with E-state index < -0.39 is 0 Å². The molecule has 2 saturated heterocycles. The first-order valence-corrected chi connectivity index (χ1v) is 8.96. The highest BCUT2D eigenvalue weighted by Gasteiger charge is 2.47. The van der Waals surface area contributed by atoms with Gasteiger partial charge in [-0.3, -0.25) is 0 Å². The predicted octanol–water partition coefficient (Wildman–Crippen LogP) is 3.61. The summed E-state index contributed by atoms with van der Waals surface area (Å²) in [5.41, 5.74) is 0. The lowest BCUT2D eigenvalue weighted by atomic mass is 9.74. The molecule has 2 fully saturated rings. The first kappa shape index (κ1) is 17.7. The summed E-state index contributed by atoms with van der Waals surface area (Å²) < 4.78 is 6.14. The molecule has 0 radical (unpaired) electrons. The topological polar surface area (TPSA) is 49.7 Å². The van der Waals surface area contributed by atoms with Gasteiger partial charge in [0.1, 0.15) is 0 Å². The molecular formula is C19H32O3. The average molecular weight is 308 g/mol. The first-order chi connectivity index (χ1) is 10.8. The fourth-order valence-electron chi connectivity index (χ4n) is 4.20. The largest absolute Gasteiger partial charge is 0.393 e. The van der Waals surface area contributed by atoms with Crippen molar-refractivity contribution in [2.75, 3.05) is 6.61 Å². The van der Waals surface area contributed by atoms with Gasteiger partial charge in [0, 0.05) is 0 Å². The van der Waals surface area contributed by atoms with Crippen molar-refractivity contribution in [1.29, 1.82) is 0 Å². The molecular weight excluding hydrogens is 276 g/mol. The van der Waals surface area contributed by atoms with Crippen LogP contribution in [0.5, 0.6) is 0 Å². The lowest BCUT2D eigenvalue weighted by molar-refractivity contribution is 0.0832. The van der Waals surface area contributed by atoms with Crippen LogP contribution in [-0.4, -0.2) is 35.1 Å². The molecule has 3 nitrogen and oxygen atoms in total. The van der Waals surface area contributed by atoms with Crippen molar-refractivity contribution >= 4 is 0 Å². The number of rotatable bonds is 11. The van der Waals surface area contributed by atoms with E-state index in [1.165, 1.54) is 32.1 Å². The highest BCUT2D eigenvalue weighted by Crippen LogP contribution is 2.47. The molecule has 0 spiro atoms. The maximum absolute atomic E-state index is 9.92. The van der Waals surface area contributed by atoms with E-state index in [9.17, 15) is 5.11 Å². The standard InChI is InChI=1S/C19H32O3/c1-2-8-15(21)10-11-17-16(18-12-13-19(17)22-18)9-6-4-3-5-7-14-20/h2,5,7,15-21H,1,3-4,6,8-14H2/b7-5+. The van der Waals surface area contributed by atoms with Crippen LogP contribution >= 0.6 is 0 Å². The Morgan fingerprint density at radius 2 is 1.82 bits per heavy atom. The van der Waals surface area contributed by atoms with Gasteiger partial charge in [0.15, 0.2) is 0 Å². The molecule has 126 valence electrons. The second kappa shape index (κ2) is 9.49. The smallest absolute Gasteiger partial charge is 0.0612 e. The highest BCUT2D eigenvalue weighted by atomic mass is 16.5. The van der Waals surface area contributed by atoms with Gasteiger partial charge in [-0.25, -0.2) is 0 Å². The summed E-state index contributed by atoms with van der Waals surface area (Å²) in [6.07, 6.45) is 16.2. The van der Waals surface area contributed by atoms with Gasteiger partial charge in [-0.15, -0.1) is 6.58 Å². The second-order valence-corrected chi connectivity index (χ2v) is 6.81. The monoisotopic (exact) mass is 308 g/mol. The summed E-state index contributed by atoms with van der Waals surface area (Å²) in [5, 5.41) is 18.6. The van der Waals surface area contributed by atoms with E-state index in [0.717, 1.165) is 19.3 Å². The van der Waals surface area contributed by atoms with Crippen LogP contribution in [0.3, 0.4) is 0 Å². The van der Waals surface area contributed by atoms with Crippen LogP contribution in [-0.2, 0) is 4.74 Å². The van der Waals surface area contributed by atoms with E-state index in [4.69, 9.17) is 9.84 Å². The number of ether oxygens (including phenoxy) is 1. The number of hydrogen-bond donors (Lipinski definition) is 2. The van der Waals surface area contributed by atoms with Crippen LogP contribution in [0.15, 0.2) is 24.8 Å². The van der Waals surface area contributed by atoms with Crippen molar-refractivity contribution in [3.8, 4) is 0 Å². The molecule has 5 unspecified atom stereocenters. The Morgan fingerprint density at radius 1 is 1.09 bits per heavy atom. The van der Waals surface area contributed by atoms with E-state index in [1.54, 1.807) is 6.08 Å². The van der Waals surface area contributed by atoms with Crippen molar-refractivity contribution in [2.45, 2.75) is 76.1 Å². The summed E-state index contributed by atoms with van der Waals surface area (Å²) in [4.78, 5) is 0. The van der Waals surface area contributed by atoms with E-state index in [2.05, 4.69) is 12.7 Å². The maximum Gasteiger partial charge on any atom is 0.0612 e. The molecule has 0 aliphatic carbocycles. The molecule has 0 saturated carbocycles. The lowest BCUT2D eigenvalue weighted by Crippen LogP contribution is -2.28. The van der Waals surface area contributed by atoms with Gasteiger partial charge < -0.3 is 14.9 Å². The van der Waals surface area contributed by atoms with Gasteiger partial charge in [-0.05, 0) is 63.2 Å². The van der Waals surface area contributed by atoms with Crippen molar-refractivity contribution in [1.82, 2.24) is 0 Å². The zero-order valence-corrected chi connectivity index (χ0v) is 13.7. The summed E-state index contributed by atoms with van der Waals surface area (Å²) in [5.74, 6) is 1.34. The zero-order chi connectivity index (χ0) is 15.8. The van der Waals surface area contributed by atoms with Crippen LogP contribution in [0.2, 0.25) is 0 Å². The van der Waals surface area contributed by atoms with E-state index in [-0.39, 0.29) is 12.7 Å². The van der Waals surface area contributed by atoms with Crippen molar-refractivity contribution in [3.63, 3.8) is 0 Å². The number of hydrogen-bond acceptors (Lipinski definition) is 3.